The highest BCUT2D eigenvalue weighted by Crippen LogP contribution is 2.27. The van der Waals surface area contributed by atoms with Crippen molar-refractivity contribution in [2.24, 2.45) is 4.99 Å². The van der Waals surface area contributed by atoms with E-state index < -0.39 is 16.8 Å². The third-order valence-electron chi connectivity index (χ3n) is 4.13. The third kappa shape index (κ3) is 4.61. The van der Waals surface area contributed by atoms with Crippen LogP contribution in [0, 0.1) is 10.1 Å². The first kappa shape index (κ1) is 20.9. The summed E-state index contributed by atoms with van der Waals surface area (Å²) in [6.45, 7) is -0.130. The number of fused-ring (bicyclic) bond motifs is 1. The SMILES string of the molecule is COC(=O)Cn1c(=NC(=O)C=Cc2ccc([N+](=O)[O-])cc2)sc2cccc(OC)c21. The first-order valence-electron chi connectivity index (χ1n) is 8.67. The van der Waals surface area contributed by atoms with Crippen LogP contribution < -0.4 is 9.54 Å². The Morgan fingerprint density at radius 2 is 1.93 bits per heavy atom. The largest absolute Gasteiger partial charge is 0.495 e. The van der Waals surface area contributed by atoms with Crippen molar-refractivity contribution in [3.63, 3.8) is 0 Å². The van der Waals surface area contributed by atoms with Crippen molar-refractivity contribution in [2.75, 3.05) is 14.2 Å². The summed E-state index contributed by atoms with van der Waals surface area (Å²) >= 11 is 1.24. The molecule has 0 saturated carbocycles. The van der Waals surface area contributed by atoms with Crippen LogP contribution in [-0.4, -0.2) is 35.6 Å². The molecule has 0 bridgehead atoms. The summed E-state index contributed by atoms with van der Waals surface area (Å²) in [6, 6.07) is 11.2. The maximum atomic E-state index is 12.4. The van der Waals surface area contributed by atoms with Crippen LogP contribution in [-0.2, 0) is 20.9 Å². The molecule has 3 rings (SSSR count). The Morgan fingerprint density at radius 1 is 1.20 bits per heavy atom. The minimum atomic E-state index is -0.544. The average Bonchev–Trinajstić information content (AvgIpc) is 3.09. The predicted octanol–water partition coefficient (Wildman–Crippen LogP) is 2.93. The van der Waals surface area contributed by atoms with Gasteiger partial charge in [0.15, 0.2) is 4.80 Å². The number of carbonyl (C=O) groups excluding carboxylic acids is 2. The molecule has 1 aromatic heterocycles. The standard InChI is InChI=1S/C20H17N3O6S/c1-28-15-4-3-5-16-19(15)22(12-18(25)29-2)20(30-16)21-17(24)11-8-13-6-9-14(10-7-13)23(26)27/h3-11H,12H2,1-2H3. The summed E-state index contributed by atoms with van der Waals surface area (Å²) in [4.78, 5) is 38.9. The monoisotopic (exact) mass is 427 g/mol. The molecule has 1 amide bonds. The molecule has 0 aliphatic rings. The molecule has 1 heterocycles. The van der Waals surface area contributed by atoms with Gasteiger partial charge in [0.05, 0.1) is 23.8 Å². The van der Waals surface area contributed by atoms with Gasteiger partial charge in [-0.25, -0.2) is 0 Å². The number of carbonyl (C=O) groups is 2. The van der Waals surface area contributed by atoms with Gasteiger partial charge in [0, 0.05) is 18.2 Å². The van der Waals surface area contributed by atoms with E-state index in [1.807, 2.05) is 6.07 Å². The van der Waals surface area contributed by atoms with Crippen molar-refractivity contribution >= 4 is 45.2 Å². The van der Waals surface area contributed by atoms with Gasteiger partial charge in [-0.1, -0.05) is 17.4 Å². The van der Waals surface area contributed by atoms with Crippen molar-refractivity contribution in [1.82, 2.24) is 4.57 Å². The van der Waals surface area contributed by atoms with Gasteiger partial charge in [0.2, 0.25) is 0 Å². The predicted molar refractivity (Wildman–Crippen MR) is 111 cm³/mol. The number of hydrogen-bond acceptors (Lipinski definition) is 7. The fourth-order valence-electron chi connectivity index (χ4n) is 2.69. The zero-order valence-electron chi connectivity index (χ0n) is 16.1. The van der Waals surface area contributed by atoms with Crippen LogP contribution in [0.15, 0.2) is 53.5 Å². The number of non-ortho nitro benzene ring substituents is 1. The van der Waals surface area contributed by atoms with Gasteiger partial charge in [0.1, 0.15) is 17.8 Å². The lowest BCUT2D eigenvalue weighted by Crippen LogP contribution is -2.22. The Kier molecular flexibility index (Phi) is 6.38. The molecule has 0 aliphatic carbocycles. The molecule has 0 unspecified atom stereocenters. The van der Waals surface area contributed by atoms with Gasteiger partial charge in [-0.15, -0.1) is 0 Å². The average molecular weight is 427 g/mol. The second-order valence-corrected chi connectivity index (χ2v) is 7.00. The number of esters is 1. The van der Waals surface area contributed by atoms with Crippen LogP contribution >= 0.6 is 11.3 Å². The number of amides is 1. The molecular weight excluding hydrogens is 410 g/mol. The van der Waals surface area contributed by atoms with Crippen molar-refractivity contribution in [3.8, 4) is 5.75 Å². The summed E-state index contributed by atoms with van der Waals surface area (Å²) in [5, 5.41) is 10.7. The second kappa shape index (κ2) is 9.14. The molecule has 0 N–H and O–H groups in total. The van der Waals surface area contributed by atoms with Gasteiger partial charge < -0.3 is 14.0 Å². The Labute approximate surface area is 174 Å². The number of nitro benzene ring substituents is 1. The smallest absolute Gasteiger partial charge is 0.325 e. The maximum absolute atomic E-state index is 12.4. The molecule has 0 spiro atoms. The van der Waals surface area contributed by atoms with E-state index in [4.69, 9.17) is 9.47 Å². The Morgan fingerprint density at radius 3 is 2.57 bits per heavy atom. The van der Waals surface area contributed by atoms with Crippen LogP contribution in [0.2, 0.25) is 0 Å². The Hall–Kier alpha value is -3.79. The van der Waals surface area contributed by atoms with Crippen LogP contribution in [0.5, 0.6) is 5.75 Å². The van der Waals surface area contributed by atoms with Gasteiger partial charge in [-0.2, -0.15) is 4.99 Å². The number of ether oxygens (including phenoxy) is 2. The normalized spacial score (nSPS) is 11.7. The van der Waals surface area contributed by atoms with Crippen LogP contribution in [0.4, 0.5) is 5.69 Å². The van der Waals surface area contributed by atoms with E-state index in [2.05, 4.69) is 4.99 Å². The molecule has 0 aliphatic heterocycles. The zero-order valence-corrected chi connectivity index (χ0v) is 16.9. The molecule has 0 fully saturated rings. The van der Waals surface area contributed by atoms with Gasteiger partial charge >= 0.3 is 5.97 Å². The number of para-hydroxylation sites is 1. The minimum absolute atomic E-state index is 0.0359. The minimum Gasteiger partial charge on any atom is -0.495 e. The zero-order chi connectivity index (χ0) is 21.7. The molecule has 0 atom stereocenters. The van der Waals surface area contributed by atoms with E-state index >= 15 is 0 Å². The number of benzene rings is 2. The maximum Gasteiger partial charge on any atom is 0.325 e. The number of thiazole rings is 1. The van der Waals surface area contributed by atoms with E-state index in [9.17, 15) is 19.7 Å². The Balaban J connectivity index is 1.97. The van der Waals surface area contributed by atoms with E-state index in [0.717, 1.165) is 4.70 Å². The first-order chi connectivity index (χ1) is 14.4. The van der Waals surface area contributed by atoms with E-state index in [1.165, 1.54) is 62.0 Å². The summed E-state index contributed by atoms with van der Waals surface area (Å²) in [6.07, 6.45) is 2.76. The van der Waals surface area contributed by atoms with Crippen LogP contribution in [0.3, 0.4) is 0 Å². The lowest BCUT2D eigenvalue weighted by Gasteiger charge is -2.07. The van der Waals surface area contributed by atoms with Crippen molar-refractivity contribution in [3.05, 3.63) is 69.0 Å². The highest BCUT2D eigenvalue weighted by atomic mass is 32.1. The fraction of sp³-hybridized carbons (Fsp3) is 0.150. The molecule has 0 radical (unpaired) electrons. The molecule has 10 heteroatoms. The molecule has 3 aromatic rings. The van der Waals surface area contributed by atoms with E-state index in [0.29, 0.717) is 21.6 Å². The van der Waals surface area contributed by atoms with Crippen molar-refractivity contribution in [2.45, 2.75) is 6.54 Å². The van der Waals surface area contributed by atoms with Gasteiger partial charge in [0.25, 0.3) is 11.6 Å². The van der Waals surface area contributed by atoms with Gasteiger partial charge in [-0.3, -0.25) is 19.7 Å². The van der Waals surface area contributed by atoms with E-state index in [1.54, 1.807) is 16.7 Å². The van der Waals surface area contributed by atoms with Crippen molar-refractivity contribution in [1.29, 1.82) is 0 Å². The lowest BCUT2D eigenvalue weighted by molar-refractivity contribution is -0.384. The number of nitrogens with zero attached hydrogens (tertiary/aromatic N) is 3. The number of aromatic nitrogens is 1. The summed E-state index contributed by atoms with van der Waals surface area (Å²) < 4.78 is 12.5. The fourth-order valence-corrected chi connectivity index (χ4v) is 3.75. The summed E-state index contributed by atoms with van der Waals surface area (Å²) in [5.41, 5.74) is 1.22. The second-order valence-electron chi connectivity index (χ2n) is 5.99. The molecule has 2 aromatic carbocycles. The third-order valence-corrected chi connectivity index (χ3v) is 5.17. The number of nitro groups is 1. The number of rotatable bonds is 6. The van der Waals surface area contributed by atoms with Crippen LogP contribution in [0.25, 0.3) is 16.3 Å². The molecular formula is C20H17N3O6S. The summed E-state index contributed by atoms with van der Waals surface area (Å²) in [5.74, 6) is -0.489. The van der Waals surface area contributed by atoms with E-state index in [-0.39, 0.29) is 12.2 Å². The number of hydrogen-bond donors (Lipinski definition) is 0. The Bertz CT molecular complexity index is 1210. The lowest BCUT2D eigenvalue weighted by atomic mass is 10.2. The molecule has 9 nitrogen and oxygen atoms in total. The van der Waals surface area contributed by atoms with Crippen molar-refractivity contribution < 1.29 is 24.0 Å². The molecule has 154 valence electrons. The highest BCUT2D eigenvalue weighted by Gasteiger charge is 2.15. The van der Waals surface area contributed by atoms with Crippen LogP contribution in [0.1, 0.15) is 5.56 Å². The number of methoxy groups -OCH3 is 2. The molecule has 30 heavy (non-hydrogen) atoms. The van der Waals surface area contributed by atoms with Gasteiger partial charge in [-0.05, 0) is 35.9 Å². The quantitative estimate of drug-likeness (QED) is 0.259. The topological polar surface area (TPSA) is 113 Å². The molecule has 0 saturated heterocycles. The highest BCUT2D eigenvalue weighted by molar-refractivity contribution is 7.16. The first-order valence-corrected chi connectivity index (χ1v) is 9.49. The summed E-state index contributed by atoms with van der Waals surface area (Å²) in [7, 11) is 2.80.